The smallest absolute Gasteiger partial charge is 0.119 e. The minimum Gasteiger partial charge on any atom is -0.494 e. The zero-order valence-electron chi connectivity index (χ0n) is 11.4. The monoisotopic (exact) mass is 267 g/mol. The van der Waals surface area contributed by atoms with Gasteiger partial charge < -0.3 is 10.5 Å². The van der Waals surface area contributed by atoms with E-state index >= 15 is 0 Å². The van der Waals surface area contributed by atoms with Crippen LogP contribution in [-0.2, 0) is 0 Å². The molecule has 0 fully saturated rings. The molecule has 0 saturated heterocycles. The second-order valence-corrected chi connectivity index (χ2v) is 5.70. The molecular formula is C15H25NOS. The van der Waals surface area contributed by atoms with Gasteiger partial charge in [0.25, 0.3) is 0 Å². The van der Waals surface area contributed by atoms with Gasteiger partial charge in [0.15, 0.2) is 0 Å². The lowest BCUT2D eigenvalue weighted by atomic mass is 10.2. The highest BCUT2D eigenvalue weighted by Gasteiger charge is 1.94. The predicted molar refractivity (Wildman–Crippen MR) is 81.5 cm³/mol. The van der Waals surface area contributed by atoms with Gasteiger partial charge in [-0.05, 0) is 62.8 Å². The summed E-state index contributed by atoms with van der Waals surface area (Å²) in [6.45, 7) is 3.74. The summed E-state index contributed by atoms with van der Waals surface area (Å²) in [5.74, 6) is 3.47. The Hall–Kier alpha value is -0.670. The maximum atomic E-state index is 5.68. The van der Waals surface area contributed by atoms with Crippen molar-refractivity contribution in [3.8, 4) is 5.75 Å². The third-order valence-electron chi connectivity index (χ3n) is 2.72. The van der Waals surface area contributed by atoms with Gasteiger partial charge in [-0.3, -0.25) is 0 Å². The molecule has 2 N–H and O–H groups in total. The highest BCUT2D eigenvalue weighted by Crippen LogP contribution is 2.12. The van der Waals surface area contributed by atoms with Crippen molar-refractivity contribution in [1.29, 1.82) is 0 Å². The Morgan fingerprint density at radius 2 is 1.67 bits per heavy atom. The van der Waals surface area contributed by atoms with Crippen molar-refractivity contribution in [3.63, 3.8) is 0 Å². The van der Waals surface area contributed by atoms with Crippen LogP contribution in [0.3, 0.4) is 0 Å². The quantitative estimate of drug-likeness (QED) is 0.658. The number of hydrogen-bond donors (Lipinski definition) is 1. The number of ether oxygens (including phenoxy) is 1. The topological polar surface area (TPSA) is 35.2 Å². The van der Waals surface area contributed by atoms with Gasteiger partial charge in [-0.25, -0.2) is 0 Å². The molecule has 0 heterocycles. The minimum atomic E-state index is 0.824. The number of unbranched alkanes of at least 4 members (excludes halogenated alkanes) is 2. The van der Waals surface area contributed by atoms with Crippen molar-refractivity contribution >= 4 is 11.8 Å². The first kappa shape index (κ1) is 15.4. The maximum Gasteiger partial charge on any atom is 0.119 e. The SMILES string of the molecule is Cc1ccc(OCCCCSCCCCN)cc1. The number of aryl methyl sites for hydroxylation is 1. The second kappa shape index (κ2) is 10.3. The first-order chi connectivity index (χ1) is 8.83. The molecule has 0 saturated carbocycles. The molecule has 1 aromatic carbocycles. The molecule has 0 radical (unpaired) electrons. The summed E-state index contributed by atoms with van der Waals surface area (Å²) in [7, 11) is 0. The van der Waals surface area contributed by atoms with E-state index in [0.29, 0.717) is 0 Å². The first-order valence-electron chi connectivity index (χ1n) is 6.80. The normalized spacial score (nSPS) is 10.6. The van der Waals surface area contributed by atoms with Crippen LogP contribution in [0.5, 0.6) is 5.75 Å². The van der Waals surface area contributed by atoms with E-state index in [2.05, 4.69) is 19.1 Å². The highest BCUT2D eigenvalue weighted by molar-refractivity contribution is 7.99. The van der Waals surface area contributed by atoms with Crippen molar-refractivity contribution in [2.75, 3.05) is 24.7 Å². The number of hydrogen-bond acceptors (Lipinski definition) is 3. The number of benzene rings is 1. The standard InChI is InChI=1S/C15H25NOS/c1-14-6-8-15(9-7-14)17-11-3-5-13-18-12-4-2-10-16/h6-9H,2-5,10-13,16H2,1H3. The van der Waals surface area contributed by atoms with E-state index in [4.69, 9.17) is 10.5 Å². The lowest BCUT2D eigenvalue weighted by Crippen LogP contribution is -1.99. The third-order valence-corrected chi connectivity index (χ3v) is 3.87. The molecule has 0 aliphatic heterocycles. The molecule has 0 bridgehead atoms. The van der Waals surface area contributed by atoms with Crippen LogP contribution in [0.1, 0.15) is 31.2 Å². The van der Waals surface area contributed by atoms with Gasteiger partial charge >= 0.3 is 0 Å². The summed E-state index contributed by atoms with van der Waals surface area (Å²) in [4.78, 5) is 0. The summed E-state index contributed by atoms with van der Waals surface area (Å²) in [6.07, 6.45) is 4.78. The Balaban J connectivity index is 1.91. The molecule has 0 unspecified atom stereocenters. The summed E-state index contributed by atoms with van der Waals surface area (Å²) in [6, 6.07) is 8.25. The molecule has 0 aliphatic rings. The van der Waals surface area contributed by atoms with Crippen LogP contribution >= 0.6 is 11.8 Å². The number of thioether (sulfide) groups is 1. The van der Waals surface area contributed by atoms with Crippen LogP contribution in [-0.4, -0.2) is 24.7 Å². The fourth-order valence-corrected chi connectivity index (χ4v) is 2.60. The average molecular weight is 267 g/mol. The Morgan fingerprint density at radius 3 is 2.33 bits per heavy atom. The molecule has 2 nitrogen and oxygen atoms in total. The second-order valence-electron chi connectivity index (χ2n) is 4.48. The fraction of sp³-hybridized carbons (Fsp3) is 0.600. The van der Waals surface area contributed by atoms with Gasteiger partial charge in [-0.1, -0.05) is 17.7 Å². The summed E-state index contributed by atoms with van der Waals surface area (Å²) < 4.78 is 5.68. The van der Waals surface area contributed by atoms with Crippen LogP contribution in [0.2, 0.25) is 0 Å². The molecular weight excluding hydrogens is 242 g/mol. The van der Waals surface area contributed by atoms with Gasteiger partial charge in [-0.2, -0.15) is 11.8 Å². The van der Waals surface area contributed by atoms with E-state index in [1.54, 1.807) is 0 Å². The zero-order valence-corrected chi connectivity index (χ0v) is 12.2. The van der Waals surface area contributed by atoms with Crippen LogP contribution in [0.25, 0.3) is 0 Å². The van der Waals surface area contributed by atoms with Crippen LogP contribution in [0.4, 0.5) is 0 Å². The van der Waals surface area contributed by atoms with E-state index in [9.17, 15) is 0 Å². The van der Waals surface area contributed by atoms with Gasteiger partial charge in [0.1, 0.15) is 5.75 Å². The van der Waals surface area contributed by atoms with Crippen molar-refractivity contribution < 1.29 is 4.74 Å². The first-order valence-corrected chi connectivity index (χ1v) is 7.95. The predicted octanol–water partition coefficient (Wildman–Crippen LogP) is 3.63. The summed E-state index contributed by atoms with van der Waals surface area (Å²) in [5.41, 5.74) is 6.72. The van der Waals surface area contributed by atoms with E-state index < -0.39 is 0 Å². The molecule has 18 heavy (non-hydrogen) atoms. The van der Waals surface area contributed by atoms with Crippen molar-refractivity contribution in [3.05, 3.63) is 29.8 Å². The largest absolute Gasteiger partial charge is 0.494 e. The molecule has 0 spiro atoms. The number of rotatable bonds is 10. The van der Waals surface area contributed by atoms with Crippen molar-refractivity contribution in [1.82, 2.24) is 0 Å². The lowest BCUT2D eigenvalue weighted by Gasteiger charge is -2.06. The average Bonchev–Trinajstić information content (AvgIpc) is 2.39. The molecule has 1 aromatic rings. The summed E-state index contributed by atoms with van der Waals surface area (Å²) >= 11 is 2.03. The van der Waals surface area contributed by atoms with E-state index in [-0.39, 0.29) is 0 Å². The molecule has 102 valence electrons. The Morgan fingerprint density at radius 1 is 1.00 bits per heavy atom. The molecule has 0 atom stereocenters. The third kappa shape index (κ3) is 7.62. The number of nitrogens with two attached hydrogens (primary N) is 1. The molecule has 0 aliphatic carbocycles. The Labute approximate surface area is 115 Å². The Bertz CT molecular complexity index is 300. The fourth-order valence-electron chi connectivity index (χ4n) is 1.58. The highest BCUT2D eigenvalue weighted by atomic mass is 32.2. The van der Waals surface area contributed by atoms with E-state index in [1.165, 1.54) is 29.9 Å². The lowest BCUT2D eigenvalue weighted by molar-refractivity contribution is 0.310. The van der Waals surface area contributed by atoms with Crippen LogP contribution in [0.15, 0.2) is 24.3 Å². The van der Waals surface area contributed by atoms with E-state index in [0.717, 1.165) is 31.7 Å². The van der Waals surface area contributed by atoms with Crippen LogP contribution < -0.4 is 10.5 Å². The van der Waals surface area contributed by atoms with Crippen molar-refractivity contribution in [2.24, 2.45) is 5.73 Å². The molecule has 3 heteroatoms. The van der Waals surface area contributed by atoms with Crippen molar-refractivity contribution in [2.45, 2.75) is 32.6 Å². The van der Waals surface area contributed by atoms with Gasteiger partial charge in [0.05, 0.1) is 6.61 Å². The molecule has 0 amide bonds. The van der Waals surface area contributed by atoms with Gasteiger partial charge in [0, 0.05) is 0 Å². The minimum absolute atomic E-state index is 0.824. The van der Waals surface area contributed by atoms with Gasteiger partial charge in [-0.15, -0.1) is 0 Å². The zero-order chi connectivity index (χ0) is 13.1. The maximum absolute atomic E-state index is 5.68. The Kier molecular flexibility index (Phi) is 8.78. The summed E-state index contributed by atoms with van der Waals surface area (Å²) in [5, 5.41) is 0. The molecule has 0 aromatic heterocycles. The van der Waals surface area contributed by atoms with E-state index in [1.807, 2.05) is 23.9 Å². The van der Waals surface area contributed by atoms with Crippen LogP contribution in [0, 0.1) is 6.92 Å². The van der Waals surface area contributed by atoms with Gasteiger partial charge in [0.2, 0.25) is 0 Å². The molecule has 1 rings (SSSR count).